The number of aliphatic hydroxyl groups is 1. The zero-order chi connectivity index (χ0) is 13.4. The smallest absolute Gasteiger partial charge is 0.224 e. The molecule has 0 saturated heterocycles. The lowest BCUT2D eigenvalue weighted by Gasteiger charge is -2.14. The molecule has 1 aromatic rings. The van der Waals surface area contributed by atoms with Crippen LogP contribution in [0.25, 0.3) is 0 Å². The Hall–Kier alpha value is -1.35. The molecule has 1 unspecified atom stereocenters. The van der Waals surface area contributed by atoms with E-state index in [0.29, 0.717) is 18.9 Å². The summed E-state index contributed by atoms with van der Waals surface area (Å²) in [6.45, 7) is 4.94. The van der Waals surface area contributed by atoms with E-state index in [1.54, 1.807) is 0 Å². The number of aliphatic hydroxyl groups excluding tert-OH is 1. The Kier molecular flexibility index (Phi) is 6.44. The molecule has 2 N–H and O–H groups in total. The minimum Gasteiger partial charge on any atom is -0.396 e. The summed E-state index contributed by atoms with van der Waals surface area (Å²) in [6.07, 6.45) is 2.16. The van der Waals surface area contributed by atoms with Gasteiger partial charge >= 0.3 is 0 Å². The first kappa shape index (κ1) is 14.7. The Labute approximate surface area is 109 Å². The third kappa shape index (κ3) is 4.88. The van der Waals surface area contributed by atoms with Crippen LogP contribution in [-0.2, 0) is 11.2 Å². The molecular weight excluding hydrogens is 226 g/mol. The van der Waals surface area contributed by atoms with Gasteiger partial charge in [0.1, 0.15) is 0 Å². The third-order valence-corrected chi connectivity index (χ3v) is 3.31. The molecule has 1 amide bonds. The Morgan fingerprint density at radius 2 is 2.11 bits per heavy atom. The fourth-order valence-electron chi connectivity index (χ4n) is 1.94. The van der Waals surface area contributed by atoms with Gasteiger partial charge in [-0.1, -0.05) is 37.6 Å². The second kappa shape index (κ2) is 7.88. The molecule has 0 aromatic heterocycles. The third-order valence-electron chi connectivity index (χ3n) is 3.31. The summed E-state index contributed by atoms with van der Waals surface area (Å²) in [5, 5.41) is 11.8. The molecule has 0 saturated carbocycles. The van der Waals surface area contributed by atoms with Crippen molar-refractivity contribution in [1.82, 2.24) is 5.32 Å². The summed E-state index contributed by atoms with van der Waals surface area (Å²) in [4.78, 5) is 11.8. The van der Waals surface area contributed by atoms with Gasteiger partial charge in [0.25, 0.3) is 0 Å². The highest BCUT2D eigenvalue weighted by Gasteiger charge is 2.09. The van der Waals surface area contributed by atoms with Gasteiger partial charge in [-0.2, -0.15) is 0 Å². The molecule has 0 aliphatic rings. The van der Waals surface area contributed by atoms with Crippen LogP contribution in [-0.4, -0.2) is 24.2 Å². The Balaban J connectivity index is 2.40. The number of hydrogen-bond donors (Lipinski definition) is 2. The van der Waals surface area contributed by atoms with Crippen LogP contribution >= 0.6 is 0 Å². The number of carbonyl (C=O) groups excluding carboxylic acids is 1. The maximum atomic E-state index is 11.8. The van der Waals surface area contributed by atoms with E-state index in [9.17, 15) is 4.79 Å². The topological polar surface area (TPSA) is 49.3 Å². The number of amides is 1. The molecule has 0 spiro atoms. The van der Waals surface area contributed by atoms with Gasteiger partial charge < -0.3 is 10.4 Å². The summed E-state index contributed by atoms with van der Waals surface area (Å²) < 4.78 is 0. The Morgan fingerprint density at radius 1 is 1.39 bits per heavy atom. The van der Waals surface area contributed by atoms with Gasteiger partial charge in [-0.3, -0.25) is 4.79 Å². The van der Waals surface area contributed by atoms with E-state index >= 15 is 0 Å². The lowest BCUT2D eigenvalue weighted by molar-refractivity contribution is -0.120. The predicted molar refractivity (Wildman–Crippen MR) is 73.4 cm³/mol. The van der Waals surface area contributed by atoms with E-state index in [0.717, 1.165) is 24.0 Å². The van der Waals surface area contributed by atoms with E-state index in [1.165, 1.54) is 0 Å². The molecule has 1 atom stereocenters. The summed E-state index contributed by atoms with van der Waals surface area (Å²) >= 11 is 0. The average molecular weight is 249 g/mol. The van der Waals surface area contributed by atoms with Crippen molar-refractivity contribution in [3.63, 3.8) is 0 Å². The van der Waals surface area contributed by atoms with Gasteiger partial charge in [-0.25, -0.2) is 0 Å². The van der Waals surface area contributed by atoms with Gasteiger partial charge in [-0.15, -0.1) is 0 Å². The highest BCUT2D eigenvalue weighted by molar-refractivity contribution is 5.78. The van der Waals surface area contributed by atoms with Crippen molar-refractivity contribution in [2.24, 2.45) is 5.92 Å². The number of rotatable bonds is 7. The Morgan fingerprint density at radius 3 is 2.72 bits per heavy atom. The van der Waals surface area contributed by atoms with Crippen LogP contribution in [0.3, 0.4) is 0 Å². The van der Waals surface area contributed by atoms with E-state index < -0.39 is 0 Å². The second-order valence-corrected chi connectivity index (χ2v) is 4.69. The van der Waals surface area contributed by atoms with Gasteiger partial charge in [-0.05, 0) is 30.4 Å². The molecule has 3 nitrogen and oxygen atoms in total. The standard InChI is InChI=1S/C15H23NO2/c1-3-13(8-9-17)11-16-15(18)10-14-7-5-4-6-12(14)2/h4-7,13,17H,3,8-11H2,1-2H3,(H,16,18). The molecule has 100 valence electrons. The molecule has 3 heteroatoms. The van der Waals surface area contributed by atoms with Crippen molar-refractivity contribution < 1.29 is 9.90 Å². The molecule has 0 aliphatic carbocycles. The maximum Gasteiger partial charge on any atom is 0.224 e. The fourth-order valence-corrected chi connectivity index (χ4v) is 1.94. The van der Waals surface area contributed by atoms with Crippen molar-refractivity contribution in [2.45, 2.75) is 33.1 Å². The number of benzene rings is 1. The van der Waals surface area contributed by atoms with Gasteiger partial charge in [0.05, 0.1) is 6.42 Å². The lowest BCUT2D eigenvalue weighted by Crippen LogP contribution is -2.30. The van der Waals surface area contributed by atoms with E-state index in [4.69, 9.17) is 5.11 Å². The summed E-state index contributed by atoms with van der Waals surface area (Å²) in [7, 11) is 0. The van der Waals surface area contributed by atoms with Crippen LogP contribution in [0.4, 0.5) is 0 Å². The highest BCUT2D eigenvalue weighted by Crippen LogP contribution is 2.08. The SMILES string of the molecule is CCC(CCO)CNC(=O)Cc1ccccc1C. The van der Waals surface area contributed by atoms with E-state index in [-0.39, 0.29) is 12.5 Å². The van der Waals surface area contributed by atoms with Crippen LogP contribution in [0.5, 0.6) is 0 Å². The molecule has 0 fully saturated rings. The molecule has 18 heavy (non-hydrogen) atoms. The first-order valence-corrected chi connectivity index (χ1v) is 6.59. The molecule has 0 heterocycles. The van der Waals surface area contributed by atoms with Crippen molar-refractivity contribution in [3.8, 4) is 0 Å². The number of carbonyl (C=O) groups is 1. The van der Waals surface area contributed by atoms with Gasteiger partial charge in [0, 0.05) is 13.2 Å². The number of hydrogen-bond acceptors (Lipinski definition) is 2. The molecule has 0 radical (unpaired) electrons. The molecule has 0 aliphatic heterocycles. The minimum absolute atomic E-state index is 0.0562. The zero-order valence-electron chi connectivity index (χ0n) is 11.3. The van der Waals surface area contributed by atoms with Crippen molar-refractivity contribution in [1.29, 1.82) is 0 Å². The molecular formula is C15H23NO2. The van der Waals surface area contributed by atoms with Gasteiger partial charge in [0.15, 0.2) is 0 Å². The monoisotopic (exact) mass is 249 g/mol. The van der Waals surface area contributed by atoms with E-state index in [2.05, 4.69) is 12.2 Å². The first-order chi connectivity index (χ1) is 8.67. The maximum absolute atomic E-state index is 11.8. The molecule has 1 rings (SSSR count). The van der Waals surface area contributed by atoms with Crippen molar-refractivity contribution in [2.75, 3.05) is 13.2 Å². The van der Waals surface area contributed by atoms with Crippen LogP contribution in [0.15, 0.2) is 24.3 Å². The van der Waals surface area contributed by atoms with E-state index in [1.807, 2.05) is 31.2 Å². The predicted octanol–water partition coefficient (Wildman–Crippen LogP) is 2.06. The van der Waals surface area contributed by atoms with Crippen LogP contribution in [0.2, 0.25) is 0 Å². The van der Waals surface area contributed by atoms with Crippen molar-refractivity contribution in [3.05, 3.63) is 35.4 Å². The lowest BCUT2D eigenvalue weighted by atomic mass is 10.0. The van der Waals surface area contributed by atoms with Crippen LogP contribution < -0.4 is 5.32 Å². The van der Waals surface area contributed by atoms with Crippen molar-refractivity contribution >= 4 is 5.91 Å². The normalized spacial score (nSPS) is 12.2. The zero-order valence-corrected chi connectivity index (χ0v) is 11.3. The largest absolute Gasteiger partial charge is 0.396 e. The summed E-state index contributed by atoms with van der Waals surface area (Å²) in [5.74, 6) is 0.427. The summed E-state index contributed by atoms with van der Waals surface area (Å²) in [5.41, 5.74) is 2.22. The number of nitrogens with one attached hydrogen (secondary N) is 1. The first-order valence-electron chi connectivity index (χ1n) is 6.59. The molecule has 1 aromatic carbocycles. The number of aryl methyl sites for hydroxylation is 1. The van der Waals surface area contributed by atoms with Crippen LogP contribution in [0.1, 0.15) is 30.9 Å². The Bertz CT molecular complexity index is 377. The second-order valence-electron chi connectivity index (χ2n) is 4.69. The summed E-state index contributed by atoms with van der Waals surface area (Å²) in [6, 6.07) is 7.94. The molecule has 0 bridgehead atoms. The average Bonchev–Trinajstić information content (AvgIpc) is 2.37. The fraction of sp³-hybridized carbons (Fsp3) is 0.533. The minimum atomic E-state index is 0.0562. The quantitative estimate of drug-likeness (QED) is 0.777. The highest BCUT2D eigenvalue weighted by atomic mass is 16.3. The van der Waals surface area contributed by atoms with Crippen LogP contribution in [0, 0.1) is 12.8 Å². The van der Waals surface area contributed by atoms with Gasteiger partial charge in [0.2, 0.25) is 5.91 Å².